The first-order valence-corrected chi connectivity index (χ1v) is 7.45. The zero-order valence-corrected chi connectivity index (χ0v) is 12.2. The highest BCUT2D eigenvalue weighted by Gasteiger charge is 2.38. The Labute approximate surface area is 120 Å². The van der Waals surface area contributed by atoms with E-state index in [1.54, 1.807) is 19.4 Å². The maximum atomic E-state index is 12.6. The number of hydrogen-bond donors (Lipinski definition) is 0. The van der Waals surface area contributed by atoms with Crippen molar-refractivity contribution >= 4 is 5.78 Å². The molecule has 2 atom stereocenters. The number of ether oxygens (including phenoxy) is 1. The quantitative estimate of drug-likeness (QED) is 0.794. The molecule has 2 unspecified atom stereocenters. The number of fused-ring (bicyclic) bond motifs is 2. The van der Waals surface area contributed by atoms with Gasteiger partial charge in [0.2, 0.25) is 5.88 Å². The first-order valence-electron chi connectivity index (χ1n) is 7.45. The lowest BCUT2D eigenvalue weighted by molar-refractivity contribution is 0.0338. The molecule has 2 fully saturated rings. The summed E-state index contributed by atoms with van der Waals surface area (Å²) in [4.78, 5) is 19.3. The SMILES string of the molecule is COc1ccc(C(=O)C2CC3CCCC(C2)N3C)cn1. The van der Waals surface area contributed by atoms with Crippen molar-refractivity contribution in [3.8, 4) is 5.88 Å². The average Bonchev–Trinajstić information content (AvgIpc) is 2.46. The lowest BCUT2D eigenvalue weighted by Crippen LogP contribution is -2.51. The highest BCUT2D eigenvalue weighted by Crippen LogP contribution is 2.37. The standard InChI is InChI=1S/C16H22N2O2/c1-18-13-4-3-5-14(18)9-12(8-13)16(19)11-6-7-15(20-2)17-10-11/h6-7,10,12-14H,3-5,8-9H2,1-2H3. The maximum Gasteiger partial charge on any atom is 0.212 e. The van der Waals surface area contributed by atoms with Gasteiger partial charge in [0.05, 0.1) is 7.11 Å². The Bertz CT molecular complexity index is 472. The molecule has 2 bridgehead atoms. The van der Waals surface area contributed by atoms with Gasteiger partial charge in [-0.2, -0.15) is 0 Å². The Kier molecular flexibility index (Phi) is 3.74. The van der Waals surface area contributed by atoms with Gasteiger partial charge in [-0.3, -0.25) is 4.79 Å². The molecular formula is C16H22N2O2. The summed E-state index contributed by atoms with van der Waals surface area (Å²) in [5.41, 5.74) is 0.721. The molecule has 0 N–H and O–H groups in total. The van der Waals surface area contributed by atoms with Crippen molar-refractivity contribution in [2.24, 2.45) is 5.92 Å². The van der Waals surface area contributed by atoms with E-state index >= 15 is 0 Å². The van der Waals surface area contributed by atoms with Crippen LogP contribution in [0.25, 0.3) is 0 Å². The number of pyridine rings is 1. The van der Waals surface area contributed by atoms with Gasteiger partial charge < -0.3 is 9.64 Å². The fourth-order valence-corrected chi connectivity index (χ4v) is 3.71. The van der Waals surface area contributed by atoms with E-state index < -0.39 is 0 Å². The minimum absolute atomic E-state index is 0.164. The van der Waals surface area contributed by atoms with Crippen molar-refractivity contribution in [3.63, 3.8) is 0 Å². The predicted molar refractivity (Wildman–Crippen MR) is 77.0 cm³/mol. The molecule has 0 spiro atoms. The third-order valence-corrected chi connectivity index (χ3v) is 4.94. The summed E-state index contributed by atoms with van der Waals surface area (Å²) in [5, 5.41) is 0. The van der Waals surface area contributed by atoms with Crippen LogP contribution in [0.3, 0.4) is 0 Å². The van der Waals surface area contributed by atoms with Crippen LogP contribution < -0.4 is 4.74 Å². The number of aromatic nitrogens is 1. The minimum atomic E-state index is 0.164. The Morgan fingerprint density at radius 2 is 2.00 bits per heavy atom. The highest BCUT2D eigenvalue weighted by molar-refractivity contribution is 5.97. The minimum Gasteiger partial charge on any atom is -0.481 e. The number of carbonyl (C=O) groups is 1. The van der Waals surface area contributed by atoms with Gasteiger partial charge in [0.25, 0.3) is 0 Å². The summed E-state index contributed by atoms with van der Waals surface area (Å²) >= 11 is 0. The van der Waals surface area contributed by atoms with Crippen LogP contribution in [0, 0.1) is 5.92 Å². The van der Waals surface area contributed by atoms with E-state index in [2.05, 4.69) is 16.9 Å². The molecule has 1 aromatic heterocycles. The molecule has 2 saturated heterocycles. The molecular weight excluding hydrogens is 252 g/mol. The van der Waals surface area contributed by atoms with E-state index in [1.165, 1.54) is 19.3 Å². The second-order valence-corrected chi connectivity index (χ2v) is 6.03. The lowest BCUT2D eigenvalue weighted by atomic mass is 9.76. The van der Waals surface area contributed by atoms with Crippen molar-refractivity contribution in [3.05, 3.63) is 23.9 Å². The summed E-state index contributed by atoms with van der Waals surface area (Å²) in [6.45, 7) is 0. The molecule has 4 nitrogen and oxygen atoms in total. The van der Waals surface area contributed by atoms with E-state index in [4.69, 9.17) is 4.74 Å². The number of rotatable bonds is 3. The molecule has 108 valence electrons. The van der Waals surface area contributed by atoms with E-state index in [1.807, 2.05) is 6.07 Å². The van der Waals surface area contributed by atoms with Gasteiger partial charge in [-0.15, -0.1) is 0 Å². The van der Waals surface area contributed by atoms with Crippen LogP contribution in [0.4, 0.5) is 0 Å². The van der Waals surface area contributed by atoms with Crippen LogP contribution in [0.5, 0.6) is 5.88 Å². The number of ketones is 1. The maximum absolute atomic E-state index is 12.6. The predicted octanol–water partition coefficient (Wildman–Crippen LogP) is 2.54. The number of hydrogen-bond acceptors (Lipinski definition) is 4. The molecule has 2 aliphatic rings. The number of Topliss-reactive ketones (excluding diaryl/α,β-unsaturated/α-hetero) is 1. The Balaban J connectivity index is 1.74. The highest BCUT2D eigenvalue weighted by atomic mass is 16.5. The molecule has 0 amide bonds. The molecule has 2 aliphatic heterocycles. The topological polar surface area (TPSA) is 42.4 Å². The van der Waals surface area contributed by atoms with Crippen LogP contribution in [0.1, 0.15) is 42.5 Å². The lowest BCUT2D eigenvalue weighted by Gasteiger charge is -2.46. The van der Waals surface area contributed by atoms with Crippen molar-refractivity contribution in [1.82, 2.24) is 9.88 Å². The van der Waals surface area contributed by atoms with Gasteiger partial charge in [0.15, 0.2) is 5.78 Å². The van der Waals surface area contributed by atoms with Crippen LogP contribution in [0.2, 0.25) is 0 Å². The van der Waals surface area contributed by atoms with Crippen molar-refractivity contribution < 1.29 is 9.53 Å². The zero-order valence-electron chi connectivity index (χ0n) is 12.2. The molecule has 3 heterocycles. The van der Waals surface area contributed by atoms with E-state index in [0.717, 1.165) is 18.4 Å². The third kappa shape index (κ3) is 2.44. The molecule has 0 radical (unpaired) electrons. The Morgan fingerprint density at radius 3 is 2.55 bits per heavy atom. The molecule has 0 aromatic carbocycles. The van der Waals surface area contributed by atoms with Gasteiger partial charge in [-0.05, 0) is 38.8 Å². The van der Waals surface area contributed by atoms with Crippen LogP contribution in [0.15, 0.2) is 18.3 Å². The molecule has 1 aromatic rings. The van der Waals surface area contributed by atoms with Crippen molar-refractivity contribution in [2.75, 3.05) is 14.2 Å². The van der Waals surface area contributed by atoms with Gasteiger partial charge in [-0.25, -0.2) is 4.98 Å². The summed E-state index contributed by atoms with van der Waals surface area (Å²) < 4.78 is 5.04. The van der Waals surface area contributed by atoms with Crippen LogP contribution in [-0.4, -0.2) is 41.9 Å². The van der Waals surface area contributed by atoms with Crippen LogP contribution in [-0.2, 0) is 0 Å². The fraction of sp³-hybridized carbons (Fsp3) is 0.625. The summed E-state index contributed by atoms with van der Waals surface area (Å²) in [5.74, 6) is 0.976. The van der Waals surface area contributed by atoms with E-state index in [0.29, 0.717) is 18.0 Å². The first-order chi connectivity index (χ1) is 9.69. The second kappa shape index (κ2) is 5.52. The molecule has 0 aliphatic carbocycles. The number of nitrogens with zero attached hydrogens (tertiary/aromatic N) is 2. The largest absolute Gasteiger partial charge is 0.481 e. The van der Waals surface area contributed by atoms with Gasteiger partial charge in [0.1, 0.15) is 0 Å². The van der Waals surface area contributed by atoms with Gasteiger partial charge in [-0.1, -0.05) is 6.42 Å². The normalized spacial score (nSPS) is 30.0. The summed E-state index contributed by atoms with van der Waals surface area (Å²) in [6, 6.07) is 4.77. The van der Waals surface area contributed by atoms with Crippen molar-refractivity contribution in [2.45, 2.75) is 44.2 Å². The zero-order chi connectivity index (χ0) is 14.1. The summed E-state index contributed by atoms with van der Waals surface area (Å²) in [6.07, 6.45) is 7.42. The monoisotopic (exact) mass is 274 g/mol. The molecule has 0 saturated carbocycles. The Morgan fingerprint density at radius 1 is 1.30 bits per heavy atom. The van der Waals surface area contributed by atoms with Gasteiger partial charge in [0, 0.05) is 35.8 Å². The van der Waals surface area contributed by atoms with E-state index in [9.17, 15) is 4.79 Å². The average molecular weight is 274 g/mol. The Hall–Kier alpha value is -1.42. The molecule has 20 heavy (non-hydrogen) atoms. The fourth-order valence-electron chi connectivity index (χ4n) is 3.71. The molecule has 3 rings (SSSR count). The second-order valence-electron chi connectivity index (χ2n) is 6.03. The first kappa shape index (κ1) is 13.6. The van der Waals surface area contributed by atoms with E-state index in [-0.39, 0.29) is 11.7 Å². The number of methoxy groups -OCH3 is 1. The molecule has 4 heteroatoms. The van der Waals surface area contributed by atoms with Gasteiger partial charge >= 0.3 is 0 Å². The van der Waals surface area contributed by atoms with Crippen LogP contribution >= 0.6 is 0 Å². The number of carbonyl (C=O) groups excluding carboxylic acids is 1. The summed E-state index contributed by atoms with van der Waals surface area (Å²) in [7, 11) is 3.80. The third-order valence-electron chi connectivity index (χ3n) is 4.94. The smallest absolute Gasteiger partial charge is 0.212 e. The number of piperidine rings is 2. The van der Waals surface area contributed by atoms with Crippen molar-refractivity contribution in [1.29, 1.82) is 0 Å².